The van der Waals surface area contributed by atoms with Gasteiger partial charge in [0.2, 0.25) is 0 Å². The Morgan fingerprint density at radius 3 is 1.77 bits per heavy atom. The van der Waals surface area contributed by atoms with Crippen LogP contribution in [0.3, 0.4) is 0 Å². The van der Waals surface area contributed by atoms with Gasteiger partial charge in [-0.05, 0) is 23.3 Å². The van der Waals surface area contributed by atoms with Gasteiger partial charge in [0.15, 0.2) is 5.82 Å². The van der Waals surface area contributed by atoms with Crippen molar-refractivity contribution >= 4 is 0 Å². The van der Waals surface area contributed by atoms with Gasteiger partial charge in [0, 0.05) is 17.2 Å². The van der Waals surface area contributed by atoms with Gasteiger partial charge < -0.3 is 0 Å². The lowest BCUT2D eigenvalue weighted by Gasteiger charge is -2.12. The molecule has 0 amide bonds. The van der Waals surface area contributed by atoms with Gasteiger partial charge in [-0.1, -0.05) is 86.6 Å². The molecule has 0 N–H and O–H groups in total. The lowest BCUT2D eigenvalue weighted by atomic mass is 10.0. The van der Waals surface area contributed by atoms with Crippen molar-refractivity contribution < 1.29 is 0 Å². The molecule has 0 unspecified atom stereocenters. The maximum atomic E-state index is 4.50. The van der Waals surface area contributed by atoms with Crippen LogP contribution in [0.1, 0.15) is 25.6 Å². The second-order valence-electron chi connectivity index (χ2n) is 6.65. The Morgan fingerprint density at radius 2 is 1.15 bits per heavy atom. The standard InChI is InChI=1S/C23H21N3/c1-17(2)22-24-25-23(26(22)21-11-7-4-8-12-21)20-15-13-19(14-16-20)18-9-5-3-6-10-18/h3-17H,1-2H3. The van der Waals surface area contributed by atoms with Crippen molar-refractivity contribution in [3.05, 3.63) is 90.8 Å². The van der Waals surface area contributed by atoms with E-state index in [9.17, 15) is 0 Å². The molecule has 0 bridgehead atoms. The van der Waals surface area contributed by atoms with Crippen molar-refractivity contribution in [2.24, 2.45) is 0 Å². The third-order valence-corrected chi connectivity index (χ3v) is 4.47. The largest absolute Gasteiger partial charge is 0.279 e. The van der Waals surface area contributed by atoms with Crippen molar-refractivity contribution in [2.45, 2.75) is 19.8 Å². The smallest absolute Gasteiger partial charge is 0.168 e. The molecule has 0 saturated heterocycles. The van der Waals surface area contributed by atoms with Crippen LogP contribution in [0.4, 0.5) is 0 Å². The molecule has 1 heterocycles. The van der Waals surface area contributed by atoms with Gasteiger partial charge in [0.1, 0.15) is 5.82 Å². The predicted octanol–water partition coefficient (Wildman–Crippen LogP) is 5.72. The van der Waals surface area contributed by atoms with Gasteiger partial charge in [0.25, 0.3) is 0 Å². The fourth-order valence-corrected chi connectivity index (χ4v) is 3.13. The van der Waals surface area contributed by atoms with Gasteiger partial charge >= 0.3 is 0 Å². The first-order chi connectivity index (χ1) is 12.7. The number of nitrogens with zero attached hydrogens (tertiary/aromatic N) is 3. The number of para-hydroxylation sites is 1. The zero-order valence-corrected chi connectivity index (χ0v) is 15.0. The summed E-state index contributed by atoms with van der Waals surface area (Å²) in [6.07, 6.45) is 0. The molecule has 4 rings (SSSR count). The van der Waals surface area contributed by atoms with E-state index in [1.165, 1.54) is 11.1 Å². The van der Waals surface area contributed by atoms with Crippen LogP contribution in [-0.2, 0) is 0 Å². The van der Waals surface area contributed by atoms with Crippen LogP contribution in [0, 0.1) is 0 Å². The highest BCUT2D eigenvalue weighted by molar-refractivity contribution is 5.68. The Bertz CT molecular complexity index is 985. The van der Waals surface area contributed by atoms with E-state index in [0.717, 1.165) is 22.9 Å². The van der Waals surface area contributed by atoms with Gasteiger partial charge in [-0.3, -0.25) is 4.57 Å². The van der Waals surface area contributed by atoms with E-state index in [1.807, 2.05) is 24.3 Å². The first-order valence-electron chi connectivity index (χ1n) is 8.90. The zero-order chi connectivity index (χ0) is 17.9. The summed E-state index contributed by atoms with van der Waals surface area (Å²) in [4.78, 5) is 0. The van der Waals surface area contributed by atoms with Crippen molar-refractivity contribution in [3.8, 4) is 28.2 Å². The minimum Gasteiger partial charge on any atom is -0.279 e. The van der Waals surface area contributed by atoms with E-state index in [1.54, 1.807) is 0 Å². The Hall–Kier alpha value is -3.20. The van der Waals surface area contributed by atoms with Crippen molar-refractivity contribution in [1.29, 1.82) is 0 Å². The number of hydrogen-bond acceptors (Lipinski definition) is 2. The highest BCUT2D eigenvalue weighted by atomic mass is 15.3. The second kappa shape index (κ2) is 6.96. The van der Waals surface area contributed by atoms with Crippen LogP contribution < -0.4 is 0 Å². The molecular weight excluding hydrogens is 318 g/mol. The Balaban J connectivity index is 1.79. The molecule has 0 aliphatic rings. The SMILES string of the molecule is CC(C)c1nnc(-c2ccc(-c3ccccc3)cc2)n1-c1ccccc1. The van der Waals surface area contributed by atoms with E-state index in [0.29, 0.717) is 5.92 Å². The molecule has 3 aromatic carbocycles. The minimum atomic E-state index is 0.292. The number of aromatic nitrogens is 3. The monoisotopic (exact) mass is 339 g/mol. The molecule has 1 aromatic heterocycles. The predicted molar refractivity (Wildman–Crippen MR) is 106 cm³/mol. The first kappa shape index (κ1) is 16.3. The number of hydrogen-bond donors (Lipinski definition) is 0. The Kier molecular flexibility index (Phi) is 4.36. The summed E-state index contributed by atoms with van der Waals surface area (Å²) in [6.45, 7) is 4.29. The van der Waals surface area contributed by atoms with E-state index in [4.69, 9.17) is 0 Å². The first-order valence-corrected chi connectivity index (χ1v) is 8.90. The van der Waals surface area contributed by atoms with Crippen molar-refractivity contribution in [3.63, 3.8) is 0 Å². The molecule has 0 aliphatic carbocycles. The van der Waals surface area contributed by atoms with Crippen LogP contribution in [-0.4, -0.2) is 14.8 Å². The Morgan fingerprint density at radius 1 is 0.615 bits per heavy atom. The fourth-order valence-electron chi connectivity index (χ4n) is 3.13. The summed E-state index contributed by atoms with van der Waals surface area (Å²) >= 11 is 0. The number of rotatable bonds is 4. The van der Waals surface area contributed by atoms with Gasteiger partial charge in [-0.25, -0.2) is 0 Å². The van der Waals surface area contributed by atoms with Gasteiger partial charge in [0.05, 0.1) is 0 Å². The quantitative estimate of drug-likeness (QED) is 0.476. The molecule has 4 aromatic rings. The maximum absolute atomic E-state index is 4.50. The van der Waals surface area contributed by atoms with Gasteiger partial charge in [-0.2, -0.15) is 0 Å². The zero-order valence-electron chi connectivity index (χ0n) is 15.0. The van der Waals surface area contributed by atoms with Crippen LogP contribution in [0.15, 0.2) is 84.9 Å². The summed E-state index contributed by atoms with van der Waals surface area (Å²) in [7, 11) is 0. The fraction of sp³-hybridized carbons (Fsp3) is 0.130. The normalized spacial score (nSPS) is 11.0. The lowest BCUT2D eigenvalue weighted by Crippen LogP contribution is -2.04. The van der Waals surface area contributed by atoms with E-state index >= 15 is 0 Å². The van der Waals surface area contributed by atoms with Crippen LogP contribution >= 0.6 is 0 Å². The average Bonchev–Trinajstić information content (AvgIpc) is 3.15. The van der Waals surface area contributed by atoms with E-state index in [-0.39, 0.29) is 0 Å². The summed E-state index contributed by atoms with van der Waals surface area (Å²) in [5.41, 5.74) is 4.56. The minimum absolute atomic E-state index is 0.292. The molecule has 0 aliphatic heterocycles. The topological polar surface area (TPSA) is 30.7 Å². The van der Waals surface area contributed by atoms with Crippen molar-refractivity contribution in [2.75, 3.05) is 0 Å². The maximum Gasteiger partial charge on any atom is 0.168 e. The van der Waals surface area contributed by atoms with Gasteiger partial charge in [-0.15, -0.1) is 10.2 Å². The summed E-state index contributed by atoms with van der Waals surface area (Å²) < 4.78 is 2.15. The van der Waals surface area contributed by atoms with E-state index < -0.39 is 0 Å². The van der Waals surface area contributed by atoms with Crippen LogP contribution in [0.2, 0.25) is 0 Å². The van der Waals surface area contributed by atoms with Crippen LogP contribution in [0.5, 0.6) is 0 Å². The molecule has 0 radical (unpaired) electrons. The summed E-state index contributed by atoms with van der Waals surface area (Å²) in [5.74, 6) is 2.14. The molecule has 128 valence electrons. The molecule has 26 heavy (non-hydrogen) atoms. The number of benzene rings is 3. The molecule has 0 fully saturated rings. The molecule has 0 saturated carbocycles. The lowest BCUT2D eigenvalue weighted by molar-refractivity contribution is 0.746. The second-order valence-corrected chi connectivity index (χ2v) is 6.65. The third-order valence-electron chi connectivity index (χ3n) is 4.47. The third kappa shape index (κ3) is 3.04. The van der Waals surface area contributed by atoms with E-state index in [2.05, 4.69) is 89.3 Å². The molecular formula is C23H21N3. The highest BCUT2D eigenvalue weighted by Gasteiger charge is 2.17. The molecule has 3 heteroatoms. The molecule has 3 nitrogen and oxygen atoms in total. The highest BCUT2D eigenvalue weighted by Crippen LogP contribution is 2.28. The molecule has 0 atom stereocenters. The average molecular weight is 339 g/mol. The molecule has 0 spiro atoms. The Labute approximate surface area is 154 Å². The van der Waals surface area contributed by atoms with Crippen LogP contribution in [0.25, 0.3) is 28.2 Å². The summed E-state index contributed by atoms with van der Waals surface area (Å²) in [6, 6.07) is 29.2. The summed E-state index contributed by atoms with van der Waals surface area (Å²) in [5, 5.41) is 8.96. The van der Waals surface area contributed by atoms with Crippen molar-refractivity contribution in [1.82, 2.24) is 14.8 Å².